The fourth-order valence-corrected chi connectivity index (χ4v) is 4.70. The minimum absolute atomic E-state index is 0.0304. The number of esters is 1. The molecule has 5 rings (SSSR count). The van der Waals surface area contributed by atoms with Gasteiger partial charge in [0.1, 0.15) is 16.9 Å². The molecule has 0 atom stereocenters. The number of carbonyl (C=O) groups is 2. The molecule has 5 aromatic rings. The number of ether oxygens (including phenoxy) is 2. The first-order valence-corrected chi connectivity index (χ1v) is 12.8. The lowest BCUT2D eigenvalue weighted by Crippen LogP contribution is -2.33. The van der Waals surface area contributed by atoms with Crippen LogP contribution in [0.1, 0.15) is 29.3 Å². The Morgan fingerprint density at radius 3 is 2.62 bits per heavy atom. The fourth-order valence-electron chi connectivity index (χ4n) is 4.70. The third-order valence-electron chi connectivity index (χ3n) is 6.47. The molecular formula is C30H28N4O5. The van der Waals surface area contributed by atoms with Gasteiger partial charge in [0.25, 0.3) is 11.5 Å². The number of fused-ring (bicyclic) bond motifs is 3. The smallest absolute Gasteiger partial charge is 0.341 e. The molecule has 198 valence electrons. The molecule has 0 aliphatic heterocycles. The van der Waals surface area contributed by atoms with E-state index in [1.54, 1.807) is 43.0 Å². The molecule has 3 heterocycles. The van der Waals surface area contributed by atoms with Crippen molar-refractivity contribution in [3.8, 4) is 0 Å². The van der Waals surface area contributed by atoms with E-state index in [0.717, 1.165) is 16.3 Å². The van der Waals surface area contributed by atoms with Crippen LogP contribution in [0.15, 0.2) is 82.7 Å². The minimum Gasteiger partial charge on any atom is -0.462 e. The maximum Gasteiger partial charge on any atom is 0.341 e. The second kappa shape index (κ2) is 11.4. The van der Waals surface area contributed by atoms with Crippen LogP contribution in [0.5, 0.6) is 0 Å². The van der Waals surface area contributed by atoms with E-state index in [1.807, 2.05) is 42.5 Å². The maximum absolute atomic E-state index is 13.4. The van der Waals surface area contributed by atoms with Crippen molar-refractivity contribution < 1.29 is 19.1 Å². The SMILES string of the molecule is CCOC(=O)c1cc2c(=O)n3ccccc3nc2n(CCCOC)c1=NC(=O)Cc1cccc2ccccc12. The van der Waals surface area contributed by atoms with Gasteiger partial charge in [-0.15, -0.1) is 0 Å². The number of methoxy groups -OCH3 is 1. The van der Waals surface area contributed by atoms with E-state index in [9.17, 15) is 14.4 Å². The average molecular weight is 525 g/mol. The molecular weight excluding hydrogens is 496 g/mol. The molecule has 1 amide bonds. The van der Waals surface area contributed by atoms with Gasteiger partial charge >= 0.3 is 5.97 Å². The van der Waals surface area contributed by atoms with Crippen molar-refractivity contribution in [2.24, 2.45) is 4.99 Å². The number of aryl methyl sites for hydroxylation is 1. The molecule has 0 saturated carbocycles. The summed E-state index contributed by atoms with van der Waals surface area (Å²) in [5, 5.41) is 2.20. The molecule has 9 nitrogen and oxygen atoms in total. The Bertz CT molecular complexity index is 1830. The largest absolute Gasteiger partial charge is 0.462 e. The van der Waals surface area contributed by atoms with E-state index in [2.05, 4.69) is 4.99 Å². The van der Waals surface area contributed by atoms with E-state index in [4.69, 9.17) is 14.5 Å². The molecule has 0 fully saturated rings. The zero-order chi connectivity index (χ0) is 27.4. The highest BCUT2D eigenvalue weighted by Gasteiger charge is 2.20. The van der Waals surface area contributed by atoms with Crippen molar-refractivity contribution in [2.45, 2.75) is 26.3 Å². The second-order valence-corrected chi connectivity index (χ2v) is 9.00. The Hall–Kier alpha value is -4.63. The van der Waals surface area contributed by atoms with Gasteiger partial charge in [-0.05, 0) is 47.9 Å². The third-order valence-corrected chi connectivity index (χ3v) is 6.47. The van der Waals surface area contributed by atoms with Gasteiger partial charge < -0.3 is 14.0 Å². The first kappa shape index (κ1) is 26.0. The Labute approximate surface area is 224 Å². The lowest BCUT2D eigenvalue weighted by molar-refractivity contribution is -0.117. The van der Waals surface area contributed by atoms with E-state index in [1.165, 1.54) is 10.5 Å². The Morgan fingerprint density at radius 2 is 1.79 bits per heavy atom. The summed E-state index contributed by atoms with van der Waals surface area (Å²) in [7, 11) is 1.59. The van der Waals surface area contributed by atoms with E-state index in [0.29, 0.717) is 30.9 Å². The van der Waals surface area contributed by atoms with Gasteiger partial charge in [-0.3, -0.25) is 14.0 Å². The number of pyridine rings is 2. The molecule has 0 bridgehead atoms. The Kier molecular flexibility index (Phi) is 7.60. The molecule has 0 aliphatic carbocycles. The van der Waals surface area contributed by atoms with Crippen LogP contribution in [0.4, 0.5) is 0 Å². The molecule has 0 spiro atoms. The van der Waals surface area contributed by atoms with Crippen molar-refractivity contribution in [3.63, 3.8) is 0 Å². The van der Waals surface area contributed by atoms with Crippen LogP contribution in [0, 0.1) is 0 Å². The molecule has 0 N–H and O–H groups in total. The monoisotopic (exact) mass is 524 g/mol. The van der Waals surface area contributed by atoms with Gasteiger partial charge in [0, 0.05) is 26.5 Å². The quantitative estimate of drug-likeness (QED) is 0.174. The zero-order valence-electron chi connectivity index (χ0n) is 21.8. The summed E-state index contributed by atoms with van der Waals surface area (Å²) in [4.78, 5) is 49.1. The number of nitrogens with zero attached hydrogens (tertiary/aromatic N) is 4. The van der Waals surface area contributed by atoms with E-state index in [-0.39, 0.29) is 35.0 Å². The van der Waals surface area contributed by atoms with Gasteiger partial charge in [0.05, 0.1) is 18.4 Å². The average Bonchev–Trinajstić information content (AvgIpc) is 2.94. The number of aromatic nitrogens is 3. The van der Waals surface area contributed by atoms with Crippen LogP contribution < -0.4 is 11.0 Å². The third kappa shape index (κ3) is 5.21. The van der Waals surface area contributed by atoms with Gasteiger partial charge in [0.15, 0.2) is 5.49 Å². The van der Waals surface area contributed by atoms with Gasteiger partial charge in [-0.25, -0.2) is 9.78 Å². The number of carbonyl (C=O) groups excluding carboxylic acids is 2. The van der Waals surface area contributed by atoms with Crippen LogP contribution in [0.25, 0.3) is 27.5 Å². The number of benzene rings is 2. The summed E-state index contributed by atoms with van der Waals surface area (Å²) in [6.45, 7) is 2.55. The molecule has 0 saturated heterocycles. The van der Waals surface area contributed by atoms with Crippen LogP contribution in [-0.4, -0.2) is 46.2 Å². The maximum atomic E-state index is 13.4. The predicted molar refractivity (Wildman–Crippen MR) is 148 cm³/mol. The number of amides is 1. The van der Waals surface area contributed by atoms with Crippen molar-refractivity contribution in [1.82, 2.24) is 14.0 Å². The first-order chi connectivity index (χ1) is 19.0. The fraction of sp³-hybridized carbons (Fsp3) is 0.233. The van der Waals surface area contributed by atoms with Crippen LogP contribution in [0.3, 0.4) is 0 Å². The molecule has 2 aromatic carbocycles. The highest BCUT2D eigenvalue weighted by Crippen LogP contribution is 2.19. The Morgan fingerprint density at radius 1 is 1.00 bits per heavy atom. The van der Waals surface area contributed by atoms with Gasteiger partial charge in [-0.2, -0.15) is 4.99 Å². The predicted octanol–water partition coefficient (Wildman–Crippen LogP) is 3.69. The lowest BCUT2D eigenvalue weighted by atomic mass is 10.0. The normalized spacial score (nSPS) is 11.9. The summed E-state index contributed by atoms with van der Waals surface area (Å²) in [6.07, 6.45) is 2.20. The minimum atomic E-state index is -0.672. The molecule has 39 heavy (non-hydrogen) atoms. The van der Waals surface area contributed by atoms with Crippen LogP contribution in [-0.2, 0) is 27.2 Å². The van der Waals surface area contributed by atoms with Crippen molar-refractivity contribution in [2.75, 3.05) is 20.3 Å². The number of hydrogen-bond donors (Lipinski definition) is 0. The van der Waals surface area contributed by atoms with Gasteiger partial charge in [0.2, 0.25) is 0 Å². The zero-order valence-corrected chi connectivity index (χ0v) is 21.8. The first-order valence-electron chi connectivity index (χ1n) is 12.8. The number of rotatable bonds is 8. The van der Waals surface area contributed by atoms with Crippen LogP contribution in [0.2, 0.25) is 0 Å². The van der Waals surface area contributed by atoms with E-state index >= 15 is 0 Å². The second-order valence-electron chi connectivity index (χ2n) is 9.00. The van der Waals surface area contributed by atoms with Crippen molar-refractivity contribution in [3.05, 3.63) is 99.9 Å². The lowest BCUT2D eigenvalue weighted by Gasteiger charge is -2.15. The standard InChI is InChI=1S/C30H28N4O5/c1-3-39-30(37)24-19-23-27(31-25-14-6-7-15-33(25)29(23)36)34(16-9-17-38-2)28(24)32-26(35)18-21-12-8-11-20-10-4-5-13-22(20)21/h4-8,10-15,19H,3,9,16-18H2,1-2H3. The molecule has 0 aliphatic rings. The van der Waals surface area contributed by atoms with Crippen LogP contribution >= 0.6 is 0 Å². The van der Waals surface area contributed by atoms with Crippen molar-refractivity contribution >= 4 is 39.3 Å². The van der Waals surface area contributed by atoms with Crippen molar-refractivity contribution in [1.29, 1.82) is 0 Å². The Balaban J connectivity index is 1.75. The molecule has 9 heteroatoms. The number of hydrogen-bond acceptors (Lipinski definition) is 6. The summed E-state index contributed by atoms with van der Waals surface area (Å²) >= 11 is 0. The molecule has 0 radical (unpaired) electrons. The topological polar surface area (TPSA) is 104 Å². The molecule has 0 unspecified atom stereocenters. The molecule has 3 aromatic heterocycles. The highest BCUT2D eigenvalue weighted by molar-refractivity contribution is 5.94. The summed E-state index contributed by atoms with van der Waals surface area (Å²) < 4.78 is 13.6. The summed E-state index contributed by atoms with van der Waals surface area (Å²) in [6, 6.07) is 20.3. The van der Waals surface area contributed by atoms with E-state index < -0.39 is 11.9 Å². The van der Waals surface area contributed by atoms with Gasteiger partial charge in [-0.1, -0.05) is 48.5 Å². The summed E-state index contributed by atoms with van der Waals surface area (Å²) in [5.41, 5.74) is 1.39. The summed E-state index contributed by atoms with van der Waals surface area (Å²) in [5.74, 6) is -1.11. The highest BCUT2D eigenvalue weighted by atomic mass is 16.5.